The highest BCUT2D eigenvalue weighted by atomic mass is 16.1. The molecule has 0 aromatic carbocycles. The van der Waals surface area contributed by atoms with Crippen molar-refractivity contribution in [3.05, 3.63) is 0 Å². The lowest BCUT2D eigenvalue weighted by Crippen LogP contribution is -2.56. The fourth-order valence-electron chi connectivity index (χ4n) is 7.65. The highest BCUT2D eigenvalue weighted by Crippen LogP contribution is 2.66. The van der Waals surface area contributed by atoms with E-state index >= 15 is 0 Å². The second-order valence-electron chi connectivity index (χ2n) is 9.55. The Balaban J connectivity index is 1.70. The summed E-state index contributed by atoms with van der Waals surface area (Å²) in [6.07, 6.45) is 10.9. The third-order valence-corrected chi connectivity index (χ3v) is 8.94. The average molecular weight is 316 g/mol. The van der Waals surface area contributed by atoms with E-state index in [1.807, 2.05) is 0 Å². The van der Waals surface area contributed by atoms with Gasteiger partial charge in [-0.3, -0.25) is 9.59 Å². The molecule has 0 aromatic rings. The van der Waals surface area contributed by atoms with Gasteiger partial charge in [-0.1, -0.05) is 26.7 Å². The Morgan fingerprint density at radius 3 is 2.52 bits per heavy atom. The zero-order valence-electron chi connectivity index (χ0n) is 15.1. The first kappa shape index (κ1) is 15.8. The molecule has 4 rings (SSSR count). The van der Waals surface area contributed by atoms with Gasteiger partial charge in [-0.2, -0.15) is 0 Å². The van der Waals surface area contributed by atoms with Crippen molar-refractivity contribution in [1.29, 1.82) is 0 Å². The summed E-state index contributed by atoms with van der Waals surface area (Å²) >= 11 is 0. The minimum Gasteiger partial charge on any atom is -0.300 e. The molecule has 128 valence electrons. The second-order valence-corrected chi connectivity index (χ2v) is 9.55. The molecule has 2 nitrogen and oxygen atoms in total. The first-order valence-electron chi connectivity index (χ1n) is 9.92. The lowest BCUT2D eigenvalue weighted by molar-refractivity contribution is -0.158. The number of Topliss-reactive ketones (excluding diaryl/α,β-unsaturated/α-hetero) is 2. The molecule has 0 bridgehead atoms. The van der Waals surface area contributed by atoms with E-state index in [4.69, 9.17) is 0 Å². The summed E-state index contributed by atoms with van der Waals surface area (Å²) in [6, 6.07) is 0. The summed E-state index contributed by atoms with van der Waals surface area (Å²) in [5, 5.41) is 0. The summed E-state index contributed by atoms with van der Waals surface area (Å²) in [6.45, 7) is 6.35. The molecule has 0 aliphatic heterocycles. The molecule has 0 N–H and O–H groups in total. The molecule has 4 saturated carbocycles. The topological polar surface area (TPSA) is 34.1 Å². The number of hydrogen-bond donors (Lipinski definition) is 0. The maximum atomic E-state index is 13.2. The molecule has 6 unspecified atom stereocenters. The maximum Gasteiger partial charge on any atom is 0.140 e. The molecule has 4 fully saturated rings. The molecule has 0 radical (unpaired) electrons. The fraction of sp³-hybridized carbons (Fsp3) is 0.905. The van der Waals surface area contributed by atoms with Crippen LogP contribution in [0.4, 0.5) is 0 Å². The van der Waals surface area contributed by atoms with Gasteiger partial charge in [0, 0.05) is 17.8 Å². The Bertz CT molecular complexity index is 538. The molecule has 23 heavy (non-hydrogen) atoms. The Labute approximate surface area is 140 Å². The van der Waals surface area contributed by atoms with Crippen molar-refractivity contribution < 1.29 is 9.59 Å². The van der Waals surface area contributed by atoms with Gasteiger partial charge in [-0.05, 0) is 74.5 Å². The van der Waals surface area contributed by atoms with Crippen LogP contribution in [0.3, 0.4) is 0 Å². The third-order valence-electron chi connectivity index (χ3n) is 8.94. The number of rotatable bonds is 1. The number of fused-ring (bicyclic) bond motifs is 5. The predicted molar refractivity (Wildman–Crippen MR) is 90.9 cm³/mol. The Kier molecular flexibility index (Phi) is 3.56. The Hall–Kier alpha value is -0.660. The van der Waals surface area contributed by atoms with E-state index in [-0.39, 0.29) is 17.1 Å². The summed E-state index contributed by atoms with van der Waals surface area (Å²) < 4.78 is 0. The molecule has 0 aromatic heterocycles. The molecule has 0 heterocycles. The van der Waals surface area contributed by atoms with Crippen LogP contribution >= 0.6 is 0 Å². The van der Waals surface area contributed by atoms with Crippen LogP contribution in [0, 0.1) is 40.4 Å². The van der Waals surface area contributed by atoms with Gasteiger partial charge in [0.25, 0.3) is 0 Å². The molecular weight excluding hydrogens is 284 g/mol. The highest BCUT2D eigenvalue weighted by molar-refractivity contribution is 5.93. The fourth-order valence-corrected chi connectivity index (χ4v) is 7.65. The zero-order valence-corrected chi connectivity index (χ0v) is 15.1. The Morgan fingerprint density at radius 1 is 1.00 bits per heavy atom. The molecule has 0 saturated heterocycles. The zero-order chi connectivity index (χ0) is 16.4. The van der Waals surface area contributed by atoms with Crippen LogP contribution in [-0.2, 0) is 9.59 Å². The standard InChI is InChI=1S/C21H32O2/c1-13(22)16-9-10-17-15-8-7-14-6-4-5-11-20(14,2)18(15)12-19(23)21(16,17)3/h14-18H,4-12H2,1-3H3/t14?,15?,16?,17?,18?,20?,21-/m1/s1. The van der Waals surface area contributed by atoms with Crippen molar-refractivity contribution in [2.75, 3.05) is 0 Å². The first-order valence-corrected chi connectivity index (χ1v) is 9.92. The lowest BCUT2D eigenvalue weighted by Gasteiger charge is -2.59. The largest absolute Gasteiger partial charge is 0.300 e. The Morgan fingerprint density at radius 2 is 1.78 bits per heavy atom. The van der Waals surface area contributed by atoms with Crippen LogP contribution in [0.5, 0.6) is 0 Å². The van der Waals surface area contributed by atoms with Crippen molar-refractivity contribution in [2.45, 2.75) is 78.6 Å². The molecule has 4 aliphatic carbocycles. The minimum absolute atomic E-state index is 0.00200. The SMILES string of the molecule is CC(=O)C1CCC2C3CCC4CCCCC4(C)C3CC(=O)[C@]12C. The molecule has 4 aliphatic rings. The van der Waals surface area contributed by atoms with E-state index in [0.29, 0.717) is 29.0 Å². The van der Waals surface area contributed by atoms with Gasteiger partial charge < -0.3 is 0 Å². The van der Waals surface area contributed by atoms with Crippen molar-refractivity contribution in [3.8, 4) is 0 Å². The summed E-state index contributed by atoms with van der Waals surface area (Å²) in [5.74, 6) is 3.28. The maximum absolute atomic E-state index is 13.2. The van der Waals surface area contributed by atoms with Gasteiger partial charge in [0.2, 0.25) is 0 Å². The van der Waals surface area contributed by atoms with E-state index in [1.54, 1.807) is 6.92 Å². The van der Waals surface area contributed by atoms with Gasteiger partial charge in [0.15, 0.2) is 0 Å². The third kappa shape index (κ3) is 1.99. The summed E-state index contributed by atoms with van der Waals surface area (Å²) in [7, 11) is 0. The van der Waals surface area contributed by atoms with Crippen molar-refractivity contribution >= 4 is 11.6 Å². The number of carbonyl (C=O) groups excluding carboxylic acids is 2. The molecule has 7 atom stereocenters. The van der Waals surface area contributed by atoms with E-state index < -0.39 is 0 Å². The van der Waals surface area contributed by atoms with Gasteiger partial charge in [0.05, 0.1) is 0 Å². The van der Waals surface area contributed by atoms with Gasteiger partial charge >= 0.3 is 0 Å². The molecule has 0 amide bonds. The number of ketones is 2. The van der Waals surface area contributed by atoms with Crippen LogP contribution in [-0.4, -0.2) is 11.6 Å². The average Bonchev–Trinajstić information content (AvgIpc) is 2.87. The first-order chi connectivity index (χ1) is 10.9. The van der Waals surface area contributed by atoms with Crippen LogP contribution in [0.15, 0.2) is 0 Å². The highest BCUT2D eigenvalue weighted by Gasteiger charge is 2.63. The van der Waals surface area contributed by atoms with E-state index in [0.717, 1.165) is 25.2 Å². The lowest BCUT2D eigenvalue weighted by atomic mass is 9.44. The normalized spacial score (nSPS) is 52.5. The van der Waals surface area contributed by atoms with E-state index in [9.17, 15) is 9.59 Å². The van der Waals surface area contributed by atoms with Crippen LogP contribution in [0.2, 0.25) is 0 Å². The molecule has 0 spiro atoms. The number of carbonyl (C=O) groups is 2. The van der Waals surface area contributed by atoms with Gasteiger partial charge in [-0.15, -0.1) is 0 Å². The molecular formula is C21H32O2. The van der Waals surface area contributed by atoms with Crippen LogP contribution in [0.1, 0.15) is 78.6 Å². The van der Waals surface area contributed by atoms with Crippen molar-refractivity contribution in [3.63, 3.8) is 0 Å². The van der Waals surface area contributed by atoms with Crippen molar-refractivity contribution in [1.82, 2.24) is 0 Å². The predicted octanol–water partition coefficient (Wildman–Crippen LogP) is 4.80. The smallest absolute Gasteiger partial charge is 0.140 e. The van der Waals surface area contributed by atoms with Gasteiger partial charge in [0.1, 0.15) is 11.6 Å². The monoisotopic (exact) mass is 316 g/mol. The van der Waals surface area contributed by atoms with Crippen LogP contribution in [0.25, 0.3) is 0 Å². The summed E-state index contributed by atoms with van der Waals surface area (Å²) in [4.78, 5) is 25.4. The molecule has 2 heteroatoms. The van der Waals surface area contributed by atoms with E-state index in [1.165, 1.54) is 38.5 Å². The van der Waals surface area contributed by atoms with E-state index in [2.05, 4.69) is 13.8 Å². The number of hydrogen-bond acceptors (Lipinski definition) is 2. The quantitative estimate of drug-likeness (QED) is 0.696. The minimum atomic E-state index is -0.342. The van der Waals surface area contributed by atoms with Crippen LogP contribution < -0.4 is 0 Å². The van der Waals surface area contributed by atoms with Gasteiger partial charge in [-0.25, -0.2) is 0 Å². The van der Waals surface area contributed by atoms with Crippen molar-refractivity contribution in [2.24, 2.45) is 40.4 Å². The second kappa shape index (κ2) is 5.17. The summed E-state index contributed by atoms with van der Waals surface area (Å²) in [5.41, 5.74) is 0.0529.